The van der Waals surface area contributed by atoms with Crippen molar-refractivity contribution in [1.82, 2.24) is 0 Å². The van der Waals surface area contributed by atoms with Gasteiger partial charge in [-0.3, -0.25) is 0 Å². The number of quaternary nitrogens is 1. The van der Waals surface area contributed by atoms with Gasteiger partial charge < -0.3 is 29.7 Å². The van der Waals surface area contributed by atoms with Crippen molar-refractivity contribution >= 4 is 0 Å². The van der Waals surface area contributed by atoms with E-state index in [1.165, 1.54) is 11.3 Å². The number of hydrogen-bond donors (Lipinski definition) is 1. The molecular formula is C8H15Cl2NZr. The molecule has 0 heterocycles. The van der Waals surface area contributed by atoms with E-state index in [-0.39, 0.29) is 24.8 Å². The molecule has 0 aromatic heterocycles. The summed E-state index contributed by atoms with van der Waals surface area (Å²) in [6, 6.07) is 0. The van der Waals surface area contributed by atoms with Crippen molar-refractivity contribution < 1.29 is 54.4 Å². The molecule has 1 aliphatic rings. The van der Waals surface area contributed by atoms with Gasteiger partial charge in [0.2, 0.25) is 0 Å². The molecular weight excluding hydrogens is 272 g/mol. The molecule has 70 valence electrons. The van der Waals surface area contributed by atoms with Crippen molar-refractivity contribution in [2.75, 3.05) is 21.1 Å². The standard InChI is InChI=1S/C5H5.C3H9N.2ClH.Zr/c1-2-4-5-3-1;1-4(2)3;;;/h1-3H,4H2;1-3H3;2*1H;/q;;;;+1/p-1. The average molecular weight is 287 g/mol. The van der Waals surface area contributed by atoms with Crippen molar-refractivity contribution in [2.24, 2.45) is 0 Å². The quantitative estimate of drug-likeness (QED) is 0.453. The third-order valence-corrected chi connectivity index (χ3v) is 1.68. The van der Waals surface area contributed by atoms with Gasteiger partial charge in [0.25, 0.3) is 0 Å². The monoisotopic (exact) mass is 285 g/mol. The molecule has 0 atom stereocenters. The normalized spacial score (nSPS) is 12.1. The Kier molecular flexibility index (Phi) is 18.5. The molecule has 0 saturated heterocycles. The number of allylic oxidation sites excluding steroid dienone is 4. The van der Waals surface area contributed by atoms with Gasteiger partial charge in [-0.2, -0.15) is 0 Å². The van der Waals surface area contributed by atoms with E-state index in [9.17, 15) is 0 Å². The van der Waals surface area contributed by atoms with E-state index in [4.69, 9.17) is 0 Å². The molecule has 4 heteroatoms. The molecule has 1 N–H and O–H groups in total. The number of hydrogen-bond acceptors (Lipinski definition) is 0. The second-order valence-electron chi connectivity index (χ2n) is 2.82. The molecule has 0 radical (unpaired) electrons. The Morgan fingerprint density at radius 1 is 1.25 bits per heavy atom. The fourth-order valence-electron chi connectivity index (χ4n) is 0.447. The molecule has 0 aliphatic heterocycles. The number of halogens is 2. The van der Waals surface area contributed by atoms with Gasteiger partial charge in [-0.15, -0.1) is 0 Å². The van der Waals surface area contributed by atoms with E-state index >= 15 is 0 Å². The van der Waals surface area contributed by atoms with E-state index < -0.39 is 0 Å². The molecule has 1 nitrogen and oxygen atoms in total. The van der Waals surface area contributed by atoms with Gasteiger partial charge in [0.15, 0.2) is 0 Å². The van der Waals surface area contributed by atoms with Crippen LogP contribution in [0.3, 0.4) is 0 Å². The summed E-state index contributed by atoms with van der Waals surface area (Å²) < 4.78 is 1.56. The number of nitrogens with one attached hydrogen (secondary N) is 1. The van der Waals surface area contributed by atoms with E-state index in [1.807, 2.05) is 0 Å². The van der Waals surface area contributed by atoms with Crippen molar-refractivity contribution in [3.63, 3.8) is 0 Å². The molecule has 0 amide bonds. The second-order valence-corrected chi connectivity index (χ2v) is 4.40. The first-order valence-corrected chi connectivity index (χ1v) is 4.70. The first-order chi connectivity index (χ1) is 4.63. The summed E-state index contributed by atoms with van der Waals surface area (Å²) in [5.74, 6) is 0. The molecule has 1 rings (SSSR count). The van der Waals surface area contributed by atoms with Crippen LogP contribution in [0.5, 0.6) is 0 Å². The Hall–Kier alpha value is 0.903. The summed E-state index contributed by atoms with van der Waals surface area (Å²) in [6.07, 6.45) is 7.69. The summed E-state index contributed by atoms with van der Waals surface area (Å²) in [5.41, 5.74) is 0. The van der Waals surface area contributed by atoms with Crippen molar-refractivity contribution in [2.45, 2.75) is 6.42 Å². The minimum absolute atomic E-state index is 0. The van der Waals surface area contributed by atoms with E-state index in [0.717, 1.165) is 0 Å². The van der Waals surface area contributed by atoms with E-state index in [2.05, 4.69) is 39.4 Å². The molecule has 12 heavy (non-hydrogen) atoms. The summed E-state index contributed by atoms with van der Waals surface area (Å²) in [7, 11) is 6.25. The maximum absolute atomic E-state index is 2.18. The molecule has 0 fully saturated rings. The molecule has 0 bridgehead atoms. The molecule has 0 aromatic rings. The van der Waals surface area contributed by atoms with Crippen molar-refractivity contribution in [3.8, 4) is 0 Å². The van der Waals surface area contributed by atoms with Crippen LogP contribution in [0.25, 0.3) is 0 Å². The van der Waals surface area contributed by atoms with Gasteiger partial charge in [-0.25, -0.2) is 0 Å². The Morgan fingerprint density at radius 2 is 1.67 bits per heavy atom. The summed E-state index contributed by atoms with van der Waals surface area (Å²) in [5, 5.41) is 0. The van der Waals surface area contributed by atoms with Crippen LogP contribution in [0.15, 0.2) is 21.5 Å². The molecule has 0 spiro atoms. The Labute approximate surface area is 103 Å². The first kappa shape index (κ1) is 18.6. The summed E-state index contributed by atoms with van der Waals surface area (Å²) in [4.78, 5) is 1.42. The van der Waals surface area contributed by atoms with Gasteiger partial charge in [-0.1, -0.05) is 0 Å². The van der Waals surface area contributed by atoms with Crippen LogP contribution in [0.2, 0.25) is 0 Å². The summed E-state index contributed by atoms with van der Waals surface area (Å²) >= 11 is 1.56. The zero-order valence-electron chi connectivity index (χ0n) is 7.70. The second kappa shape index (κ2) is 11.9. The number of rotatable bonds is 0. The first-order valence-electron chi connectivity index (χ1n) is 3.47. The SMILES string of the molecule is C[NH+](C)C.[Cl-].[Cl-].[Zr+][C]1=CC=CC1. The molecule has 1 aliphatic carbocycles. The van der Waals surface area contributed by atoms with Crippen molar-refractivity contribution in [3.05, 3.63) is 21.5 Å². The van der Waals surface area contributed by atoms with Gasteiger partial charge in [0.1, 0.15) is 0 Å². The zero-order valence-corrected chi connectivity index (χ0v) is 11.7. The average Bonchev–Trinajstić information content (AvgIpc) is 2.15. The fraction of sp³-hybridized carbons (Fsp3) is 0.500. The van der Waals surface area contributed by atoms with Gasteiger partial charge in [0, 0.05) is 0 Å². The van der Waals surface area contributed by atoms with Crippen molar-refractivity contribution in [1.29, 1.82) is 0 Å². The Balaban J connectivity index is -0.000000124. The summed E-state index contributed by atoms with van der Waals surface area (Å²) in [6.45, 7) is 0. The van der Waals surface area contributed by atoms with Crippen LogP contribution < -0.4 is 29.7 Å². The van der Waals surface area contributed by atoms with Crippen LogP contribution in [-0.4, -0.2) is 21.1 Å². The van der Waals surface area contributed by atoms with Crippen LogP contribution in [0, 0.1) is 0 Å². The fourth-order valence-corrected chi connectivity index (χ4v) is 0.973. The van der Waals surface area contributed by atoms with Crippen LogP contribution >= 0.6 is 0 Å². The Morgan fingerprint density at radius 3 is 1.75 bits per heavy atom. The molecule has 0 saturated carbocycles. The Bertz CT molecular complexity index is 141. The van der Waals surface area contributed by atoms with Gasteiger partial charge >= 0.3 is 52.6 Å². The van der Waals surface area contributed by atoms with E-state index in [1.54, 1.807) is 28.0 Å². The zero-order chi connectivity index (χ0) is 7.98. The minimum atomic E-state index is 0. The third kappa shape index (κ3) is 17.1. The molecule has 0 aromatic carbocycles. The van der Waals surface area contributed by atoms with Crippen LogP contribution in [0.4, 0.5) is 0 Å². The van der Waals surface area contributed by atoms with Gasteiger partial charge in [-0.05, 0) is 0 Å². The van der Waals surface area contributed by atoms with E-state index in [0.29, 0.717) is 0 Å². The molecule has 0 unspecified atom stereocenters. The predicted molar refractivity (Wildman–Crippen MR) is 40.6 cm³/mol. The van der Waals surface area contributed by atoms with Gasteiger partial charge in [0.05, 0.1) is 21.1 Å². The predicted octanol–water partition coefficient (Wildman–Crippen LogP) is -5.85. The van der Waals surface area contributed by atoms with Crippen LogP contribution in [-0.2, 0) is 24.7 Å². The topological polar surface area (TPSA) is 4.44 Å². The maximum atomic E-state index is 2.18. The third-order valence-electron chi connectivity index (χ3n) is 0.771. The van der Waals surface area contributed by atoms with Crippen LogP contribution in [0.1, 0.15) is 6.42 Å².